The Hall–Kier alpha value is -2.06. The van der Waals surface area contributed by atoms with E-state index in [1.807, 2.05) is 5.01 Å². The third-order valence-electron chi connectivity index (χ3n) is 3.29. The van der Waals surface area contributed by atoms with E-state index in [0.29, 0.717) is 25.9 Å². The zero-order valence-corrected chi connectivity index (χ0v) is 12.4. The van der Waals surface area contributed by atoms with Crippen LogP contribution in [-0.2, 0) is 14.3 Å². The summed E-state index contributed by atoms with van der Waals surface area (Å²) in [5.74, 6) is -1.43. The largest absolute Gasteiger partial charge is 0.481 e. The third kappa shape index (κ3) is 3.96. The zero-order valence-electron chi connectivity index (χ0n) is 12.4. The number of rotatable bonds is 5. The zero-order chi connectivity index (χ0) is 15.6. The molecule has 0 amide bonds. The fraction of sp³-hybridized carbons (Fsp3) is 0.833. The molecule has 1 aromatic rings. The molecule has 0 unspecified atom stereocenters. The predicted molar refractivity (Wildman–Crippen MR) is 70.0 cm³/mol. The molecule has 0 saturated carbocycles. The molecule has 0 spiro atoms. The molecule has 0 bridgehead atoms. The first kappa shape index (κ1) is 15.3. The van der Waals surface area contributed by atoms with Crippen LogP contribution in [0.3, 0.4) is 0 Å². The molecule has 1 aliphatic heterocycles. The van der Waals surface area contributed by atoms with E-state index in [4.69, 9.17) is 19.3 Å². The van der Waals surface area contributed by atoms with Gasteiger partial charge in [-0.2, -0.15) is 4.63 Å². The summed E-state index contributed by atoms with van der Waals surface area (Å²) in [6.07, 6.45) is 1.12. The lowest BCUT2D eigenvalue weighted by Crippen LogP contribution is -2.42. The van der Waals surface area contributed by atoms with Gasteiger partial charge in [0.25, 0.3) is 6.79 Å². The Kier molecular flexibility index (Phi) is 4.19. The highest BCUT2D eigenvalue weighted by molar-refractivity contribution is 5.75. The minimum absolute atomic E-state index is 0.238. The van der Waals surface area contributed by atoms with Gasteiger partial charge in [0.1, 0.15) is 5.02 Å². The van der Waals surface area contributed by atoms with Gasteiger partial charge in [0.05, 0.1) is 11.3 Å². The Morgan fingerprint density at radius 1 is 1.29 bits per heavy atom. The number of hydrogen-bond acceptors (Lipinski definition) is 6. The van der Waals surface area contributed by atoms with Crippen molar-refractivity contribution in [1.29, 1.82) is 0 Å². The van der Waals surface area contributed by atoms with Gasteiger partial charge >= 0.3 is 11.9 Å². The number of carbonyl (C=O) groups is 2. The summed E-state index contributed by atoms with van der Waals surface area (Å²) in [6.45, 7) is 6.15. The van der Waals surface area contributed by atoms with E-state index in [2.05, 4.69) is 0 Å². The van der Waals surface area contributed by atoms with Crippen molar-refractivity contribution >= 4 is 11.9 Å². The smallest absolute Gasteiger partial charge is 0.314 e. The van der Waals surface area contributed by atoms with Crippen molar-refractivity contribution < 1.29 is 28.9 Å². The van der Waals surface area contributed by atoms with Gasteiger partial charge in [0.2, 0.25) is 0 Å². The van der Waals surface area contributed by atoms with Gasteiger partial charge in [0, 0.05) is 18.1 Å². The highest BCUT2D eigenvalue weighted by Gasteiger charge is 2.30. The second-order valence-electron chi connectivity index (χ2n) is 6.07. The van der Waals surface area contributed by atoms with Crippen molar-refractivity contribution in [2.75, 3.05) is 24.9 Å². The number of carboxylic acids is 1. The molecular formula is C12H21N3O6. The number of aromatic nitrogens is 2. The monoisotopic (exact) mass is 303 g/mol. The average molecular weight is 303 g/mol. The van der Waals surface area contributed by atoms with Gasteiger partial charge < -0.3 is 14.7 Å². The molecule has 2 rings (SSSR count). The normalized spacial score (nSPS) is 17.0. The summed E-state index contributed by atoms with van der Waals surface area (Å²) in [5, 5.41) is 11.8. The Balaban J connectivity index is 1.69. The summed E-state index contributed by atoms with van der Waals surface area (Å²) >= 11 is 0. The Bertz CT molecular complexity index is 486. The quantitative estimate of drug-likeness (QED) is 0.616. The van der Waals surface area contributed by atoms with Crippen LogP contribution in [0.15, 0.2) is 4.63 Å². The minimum Gasteiger partial charge on any atom is -0.481 e. The lowest BCUT2D eigenvalue weighted by molar-refractivity contribution is -0.168. The molecule has 1 N–H and O–H groups in total. The topological polar surface area (TPSA) is 99.1 Å². The summed E-state index contributed by atoms with van der Waals surface area (Å²) in [6, 6.07) is 0. The Labute approximate surface area is 121 Å². The van der Waals surface area contributed by atoms with Crippen LogP contribution < -0.4 is 9.85 Å². The summed E-state index contributed by atoms with van der Waals surface area (Å²) < 4.78 is 9.99. The lowest BCUT2D eigenvalue weighted by atomic mass is 9.98. The third-order valence-corrected chi connectivity index (χ3v) is 3.29. The van der Waals surface area contributed by atoms with Crippen LogP contribution in [0, 0.1) is 11.3 Å². The molecule has 1 saturated heterocycles. The summed E-state index contributed by atoms with van der Waals surface area (Å²) in [5.41, 5.74) is -0.582. The molecule has 1 aromatic heterocycles. The molecule has 0 aliphatic carbocycles. The minimum atomic E-state index is -0.761. The van der Waals surface area contributed by atoms with Gasteiger partial charge in [-0.25, -0.2) is 0 Å². The van der Waals surface area contributed by atoms with Crippen molar-refractivity contribution in [1.82, 2.24) is 9.98 Å². The first-order valence-electron chi connectivity index (χ1n) is 6.85. The summed E-state index contributed by atoms with van der Waals surface area (Å²) in [7, 11) is 0. The first-order valence-corrected chi connectivity index (χ1v) is 6.85. The molecule has 2 heterocycles. The van der Waals surface area contributed by atoms with Gasteiger partial charge in [-0.05, 0) is 33.6 Å². The van der Waals surface area contributed by atoms with Crippen molar-refractivity contribution in [2.24, 2.45) is 11.3 Å². The molecule has 0 atom stereocenters. The predicted octanol–water partition coefficient (Wildman–Crippen LogP) is 0.291. The number of piperidine rings is 1. The molecule has 0 radical (unpaired) electrons. The number of carbonyl (C=O) groups excluding carboxylic acids is 1. The Morgan fingerprint density at radius 3 is 2.43 bits per heavy atom. The SMILES string of the molecule is CC(C)(C)C(=O)OCOn1on1N1CCC(C(=O)O)CC1. The van der Waals surface area contributed by atoms with E-state index in [9.17, 15) is 9.59 Å². The molecule has 9 heteroatoms. The van der Waals surface area contributed by atoms with Crippen molar-refractivity contribution in [2.45, 2.75) is 33.6 Å². The number of ether oxygens (including phenoxy) is 1. The fourth-order valence-electron chi connectivity index (χ4n) is 1.90. The van der Waals surface area contributed by atoms with Crippen LogP contribution in [0.5, 0.6) is 0 Å². The first-order chi connectivity index (χ1) is 9.79. The van der Waals surface area contributed by atoms with E-state index in [0.717, 1.165) is 5.02 Å². The Morgan fingerprint density at radius 2 is 1.90 bits per heavy atom. The van der Waals surface area contributed by atoms with Crippen LogP contribution in [0.4, 0.5) is 0 Å². The molecule has 21 heavy (non-hydrogen) atoms. The molecule has 0 aromatic carbocycles. The van der Waals surface area contributed by atoms with Gasteiger partial charge in [-0.15, -0.1) is 0 Å². The molecule has 1 fully saturated rings. The van der Waals surface area contributed by atoms with Crippen LogP contribution in [-0.4, -0.2) is 46.9 Å². The van der Waals surface area contributed by atoms with Gasteiger partial charge in [-0.3, -0.25) is 14.6 Å². The molecule has 120 valence electrons. The van der Waals surface area contributed by atoms with Crippen LogP contribution in [0.25, 0.3) is 0 Å². The van der Waals surface area contributed by atoms with E-state index >= 15 is 0 Å². The number of nitrogens with zero attached hydrogens (tertiary/aromatic N) is 3. The van der Waals surface area contributed by atoms with E-state index in [1.165, 1.54) is 4.96 Å². The van der Waals surface area contributed by atoms with E-state index < -0.39 is 11.4 Å². The lowest BCUT2D eigenvalue weighted by Gasteiger charge is -2.26. The number of esters is 1. The van der Waals surface area contributed by atoms with Crippen molar-refractivity contribution in [3.05, 3.63) is 0 Å². The number of carboxylic acid groups (broad SMARTS) is 1. The maximum Gasteiger partial charge on any atom is 0.314 e. The van der Waals surface area contributed by atoms with Crippen LogP contribution in [0.2, 0.25) is 0 Å². The fourth-order valence-corrected chi connectivity index (χ4v) is 1.90. The average Bonchev–Trinajstić information content (AvgIpc) is 3.17. The van der Waals surface area contributed by atoms with E-state index in [1.54, 1.807) is 20.8 Å². The molecular weight excluding hydrogens is 282 g/mol. The number of aliphatic carboxylic acids is 1. The van der Waals surface area contributed by atoms with Gasteiger partial charge in [0.15, 0.2) is 0 Å². The second kappa shape index (κ2) is 5.74. The van der Waals surface area contributed by atoms with Crippen molar-refractivity contribution in [3.63, 3.8) is 0 Å². The highest BCUT2D eigenvalue weighted by atomic mass is 17.0. The molecule has 9 nitrogen and oxygen atoms in total. The molecule has 1 aliphatic rings. The van der Waals surface area contributed by atoms with Crippen LogP contribution >= 0.6 is 0 Å². The maximum absolute atomic E-state index is 11.5. The highest BCUT2D eigenvalue weighted by Crippen LogP contribution is 2.17. The standard InChI is InChI=1S/C12H21N3O6/c1-12(2,3)11(18)19-8-20-15-14(21-15)13-6-4-9(5-7-13)10(16)17/h9H,4-8H2,1-3H3,(H,16,17). The number of hydrogen-bond donors (Lipinski definition) is 1. The van der Waals surface area contributed by atoms with Gasteiger partial charge in [-0.1, -0.05) is 0 Å². The van der Waals surface area contributed by atoms with Crippen LogP contribution in [0.1, 0.15) is 33.6 Å². The summed E-state index contributed by atoms with van der Waals surface area (Å²) in [4.78, 5) is 28.8. The maximum atomic E-state index is 11.5. The second-order valence-corrected chi connectivity index (χ2v) is 6.07. The van der Waals surface area contributed by atoms with Crippen molar-refractivity contribution in [3.8, 4) is 0 Å². The van der Waals surface area contributed by atoms with E-state index in [-0.39, 0.29) is 18.7 Å².